The molecule has 0 aliphatic heterocycles. The van der Waals surface area contributed by atoms with E-state index in [-0.39, 0.29) is 17.2 Å². The Bertz CT molecular complexity index is 420. The quantitative estimate of drug-likeness (QED) is 0.764. The van der Waals surface area contributed by atoms with Gasteiger partial charge >= 0.3 is 5.97 Å². The summed E-state index contributed by atoms with van der Waals surface area (Å²) in [6.07, 6.45) is 1.64. The van der Waals surface area contributed by atoms with E-state index in [0.717, 1.165) is 0 Å². The number of aliphatic hydroxyl groups is 1. The third-order valence-electron chi connectivity index (χ3n) is 2.27. The fourth-order valence-corrected chi connectivity index (χ4v) is 1.83. The van der Waals surface area contributed by atoms with E-state index in [2.05, 4.69) is 6.58 Å². The molecule has 4 nitrogen and oxygen atoms in total. The van der Waals surface area contributed by atoms with Crippen LogP contribution in [0.5, 0.6) is 0 Å². The van der Waals surface area contributed by atoms with Crippen LogP contribution >= 0.6 is 11.6 Å². The Labute approximate surface area is 105 Å². The van der Waals surface area contributed by atoms with Crippen LogP contribution in [0.25, 0.3) is 0 Å². The fraction of sp³-hybridized carbons (Fsp3) is 0.250. The van der Waals surface area contributed by atoms with Gasteiger partial charge in [-0.3, -0.25) is 0 Å². The first kappa shape index (κ1) is 13.5. The first-order valence-corrected chi connectivity index (χ1v) is 5.48. The summed E-state index contributed by atoms with van der Waals surface area (Å²) in [5, 5.41) is 18.3. The van der Waals surface area contributed by atoms with Gasteiger partial charge in [-0.15, -0.1) is 6.58 Å². The highest BCUT2D eigenvalue weighted by atomic mass is 35.5. The topological polar surface area (TPSA) is 60.8 Å². The van der Waals surface area contributed by atoms with Gasteiger partial charge in [0, 0.05) is 13.1 Å². The van der Waals surface area contributed by atoms with Crippen molar-refractivity contribution in [3.8, 4) is 0 Å². The van der Waals surface area contributed by atoms with Crippen molar-refractivity contribution < 1.29 is 15.0 Å². The molecule has 0 atom stereocenters. The number of aromatic carboxylic acids is 1. The largest absolute Gasteiger partial charge is 0.478 e. The second-order valence-electron chi connectivity index (χ2n) is 3.40. The summed E-state index contributed by atoms with van der Waals surface area (Å²) in [5.41, 5.74) is 0.531. The third-order valence-corrected chi connectivity index (χ3v) is 2.58. The van der Waals surface area contributed by atoms with Gasteiger partial charge in [0.15, 0.2) is 0 Å². The first-order valence-electron chi connectivity index (χ1n) is 5.10. The van der Waals surface area contributed by atoms with Crippen molar-refractivity contribution in [1.29, 1.82) is 0 Å². The molecule has 5 heteroatoms. The molecule has 1 rings (SSSR count). The summed E-state index contributed by atoms with van der Waals surface area (Å²) in [6, 6.07) is 4.87. The van der Waals surface area contributed by atoms with E-state index in [4.69, 9.17) is 21.8 Å². The van der Waals surface area contributed by atoms with Gasteiger partial charge in [0.05, 0.1) is 17.3 Å². The second kappa shape index (κ2) is 6.27. The number of anilines is 1. The average Bonchev–Trinajstić information content (AvgIpc) is 2.28. The van der Waals surface area contributed by atoms with Crippen molar-refractivity contribution in [2.24, 2.45) is 0 Å². The molecule has 0 saturated heterocycles. The number of benzene rings is 1. The summed E-state index contributed by atoms with van der Waals surface area (Å²) in [5.74, 6) is -1.09. The number of rotatable bonds is 6. The zero-order chi connectivity index (χ0) is 12.8. The lowest BCUT2D eigenvalue weighted by Gasteiger charge is -2.24. The van der Waals surface area contributed by atoms with Crippen molar-refractivity contribution in [2.75, 3.05) is 24.6 Å². The first-order chi connectivity index (χ1) is 8.11. The van der Waals surface area contributed by atoms with Gasteiger partial charge in [0.1, 0.15) is 5.56 Å². The number of hydrogen-bond acceptors (Lipinski definition) is 3. The molecule has 0 saturated carbocycles. The highest BCUT2D eigenvalue weighted by molar-refractivity contribution is 6.34. The van der Waals surface area contributed by atoms with E-state index in [1.165, 1.54) is 6.07 Å². The maximum atomic E-state index is 11.2. The van der Waals surface area contributed by atoms with Crippen molar-refractivity contribution in [3.63, 3.8) is 0 Å². The summed E-state index contributed by atoms with van der Waals surface area (Å²) in [7, 11) is 0. The monoisotopic (exact) mass is 255 g/mol. The minimum absolute atomic E-state index is 0.0458. The lowest BCUT2D eigenvalue weighted by Crippen LogP contribution is -2.28. The molecule has 0 aliphatic rings. The van der Waals surface area contributed by atoms with Crippen LogP contribution in [0.1, 0.15) is 10.4 Å². The van der Waals surface area contributed by atoms with E-state index in [1.807, 2.05) is 0 Å². The van der Waals surface area contributed by atoms with E-state index < -0.39 is 5.97 Å². The number of aliphatic hydroxyl groups excluding tert-OH is 1. The molecule has 1 aromatic carbocycles. The Morgan fingerprint density at radius 1 is 1.53 bits per heavy atom. The van der Waals surface area contributed by atoms with Gasteiger partial charge in [0.25, 0.3) is 0 Å². The number of carboxylic acids is 1. The van der Waals surface area contributed by atoms with Crippen molar-refractivity contribution in [1.82, 2.24) is 0 Å². The van der Waals surface area contributed by atoms with Gasteiger partial charge in [0.2, 0.25) is 0 Å². The Balaban J connectivity index is 3.21. The molecule has 0 spiro atoms. The number of hydrogen-bond donors (Lipinski definition) is 2. The van der Waals surface area contributed by atoms with Gasteiger partial charge in [-0.25, -0.2) is 4.79 Å². The van der Waals surface area contributed by atoms with Crippen LogP contribution < -0.4 is 4.90 Å². The van der Waals surface area contributed by atoms with Crippen LogP contribution in [0.3, 0.4) is 0 Å². The van der Waals surface area contributed by atoms with E-state index in [9.17, 15) is 4.79 Å². The standard InChI is InChI=1S/C12H14ClNO3/c1-2-6-14(7-8-15)10-5-3-4-9(13)11(10)12(16)17/h2-5,15H,1,6-8H2,(H,16,17). The number of nitrogens with zero attached hydrogens (tertiary/aromatic N) is 1. The van der Waals surface area contributed by atoms with Crippen LogP contribution in [0.2, 0.25) is 5.02 Å². The zero-order valence-corrected chi connectivity index (χ0v) is 10.0. The molecular formula is C12H14ClNO3. The van der Waals surface area contributed by atoms with E-state index >= 15 is 0 Å². The molecule has 0 bridgehead atoms. The average molecular weight is 256 g/mol. The SMILES string of the molecule is C=CCN(CCO)c1cccc(Cl)c1C(=O)O. The third kappa shape index (κ3) is 3.22. The van der Waals surface area contributed by atoms with Gasteiger partial charge in [-0.1, -0.05) is 23.7 Å². The van der Waals surface area contributed by atoms with E-state index in [0.29, 0.717) is 18.8 Å². The minimum atomic E-state index is -1.09. The molecule has 0 radical (unpaired) electrons. The highest BCUT2D eigenvalue weighted by Crippen LogP contribution is 2.27. The van der Waals surface area contributed by atoms with Crippen LogP contribution in [0, 0.1) is 0 Å². The number of halogens is 1. The zero-order valence-electron chi connectivity index (χ0n) is 9.27. The molecule has 2 N–H and O–H groups in total. The Kier molecular flexibility index (Phi) is 5.00. The number of carboxylic acid groups (broad SMARTS) is 1. The van der Waals surface area contributed by atoms with Gasteiger partial charge in [-0.2, -0.15) is 0 Å². The molecule has 17 heavy (non-hydrogen) atoms. The second-order valence-corrected chi connectivity index (χ2v) is 3.80. The van der Waals surface area contributed by atoms with Gasteiger partial charge in [-0.05, 0) is 12.1 Å². The molecule has 0 aliphatic carbocycles. The molecule has 1 aromatic rings. The van der Waals surface area contributed by atoms with Crippen LogP contribution in [0.4, 0.5) is 5.69 Å². The molecule has 0 fully saturated rings. The predicted molar refractivity (Wildman–Crippen MR) is 67.9 cm³/mol. The Morgan fingerprint density at radius 2 is 2.24 bits per heavy atom. The van der Waals surface area contributed by atoms with E-state index in [1.54, 1.807) is 23.1 Å². The van der Waals surface area contributed by atoms with Crippen molar-refractivity contribution >= 4 is 23.3 Å². The normalized spacial score (nSPS) is 10.0. The molecular weight excluding hydrogens is 242 g/mol. The molecule has 0 unspecified atom stereocenters. The molecule has 0 amide bonds. The fourth-order valence-electron chi connectivity index (χ4n) is 1.57. The predicted octanol–water partition coefficient (Wildman–Crippen LogP) is 2.02. The molecule has 92 valence electrons. The van der Waals surface area contributed by atoms with Crippen LogP contribution in [-0.2, 0) is 0 Å². The van der Waals surface area contributed by atoms with Crippen LogP contribution in [0.15, 0.2) is 30.9 Å². The smallest absolute Gasteiger partial charge is 0.339 e. The summed E-state index contributed by atoms with van der Waals surface area (Å²) < 4.78 is 0. The van der Waals surface area contributed by atoms with Crippen molar-refractivity contribution in [3.05, 3.63) is 41.4 Å². The highest BCUT2D eigenvalue weighted by Gasteiger charge is 2.18. The van der Waals surface area contributed by atoms with Crippen molar-refractivity contribution in [2.45, 2.75) is 0 Å². The lowest BCUT2D eigenvalue weighted by atomic mass is 10.1. The maximum absolute atomic E-state index is 11.2. The lowest BCUT2D eigenvalue weighted by molar-refractivity contribution is 0.0697. The maximum Gasteiger partial charge on any atom is 0.339 e. The number of carbonyl (C=O) groups is 1. The van der Waals surface area contributed by atoms with Gasteiger partial charge < -0.3 is 15.1 Å². The summed E-state index contributed by atoms with van der Waals surface area (Å²) in [6.45, 7) is 4.30. The summed E-state index contributed by atoms with van der Waals surface area (Å²) >= 11 is 5.87. The Hall–Kier alpha value is -1.52. The Morgan fingerprint density at radius 3 is 2.76 bits per heavy atom. The molecule has 0 heterocycles. The minimum Gasteiger partial charge on any atom is -0.478 e. The molecule has 0 aromatic heterocycles. The summed E-state index contributed by atoms with van der Waals surface area (Å²) in [4.78, 5) is 12.9. The van der Waals surface area contributed by atoms with Crippen LogP contribution in [-0.4, -0.2) is 35.9 Å².